The Kier molecular flexibility index (Phi) is 5.69. The van der Waals surface area contributed by atoms with Crippen LogP contribution < -0.4 is 0 Å². The fourth-order valence-corrected chi connectivity index (χ4v) is 16.9. The molecule has 18 heavy (non-hydrogen) atoms. The molecule has 0 bridgehead atoms. The molecule has 0 aliphatic rings. The van der Waals surface area contributed by atoms with Crippen LogP contribution in [0.4, 0.5) is 0 Å². The second-order valence-electron chi connectivity index (χ2n) is 8.84. The van der Waals surface area contributed by atoms with Gasteiger partial charge in [-0.25, -0.2) is 0 Å². The summed E-state index contributed by atoms with van der Waals surface area (Å²) < 4.78 is 13.0. The Morgan fingerprint density at radius 2 is 1.06 bits per heavy atom. The third-order valence-electron chi connectivity index (χ3n) is 2.53. The lowest BCUT2D eigenvalue weighted by Gasteiger charge is -2.44. The molecular weight excluding hydrogens is 272 g/mol. The predicted octanol–water partition coefficient (Wildman–Crippen LogP) is 4.88. The van der Waals surface area contributed by atoms with Crippen LogP contribution in [0.15, 0.2) is 0 Å². The van der Waals surface area contributed by atoms with Crippen LogP contribution in [0, 0.1) is 0 Å². The van der Waals surface area contributed by atoms with E-state index in [4.69, 9.17) is 8.23 Å². The smallest absolute Gasteiger partial charge is 0.311 e. The van der Waals surface area contributed by atoms with Crippen LogP contribution in [-0.4, -0.2) is 25.9 Å². The van der Waals surface area contributed by atoms with E-state index in [0.29, 0.717) is 0 Å². The first-order valence-corrected chi connectivity index (χ1v) is 14.8. The Morgan fingerprint density at radius 1 is 0.722 bits per heavy atom. The van der Waals surface area contributed by atoms with Gasteiger partial charge in [0.05, 0.1) is 0 Å². The third kappa shape index (κ3) is 7.23. The summed E-state index contributed by atoms with van der Waals surface area (Å²) in [4.78, 5) is 0. The van der Waals surface area contributed by atoms with Gasteiger partial charge in [-0.15, -0.1) is 0 Å². The summed E-state index contributed by atoms with van der Waals surface area (Å²) in [6.45, 7) is 25.0. The molecule has 0 amide bonds. The molecule has 0 rings (SSSR count). The second kappa shape index (κ2) is 5.52. The molecule has 0 aliphatic carbocycles. The molecule has 0 spiro atoms. The maximum atomic E-state index is 6.63. The van der Waals surface area contributed by atoms with E-state index >= 15 is 0 Å². The van der Waals surface area contributed by atoms with Gasteiger partial charge in [-0.3, -0.25) is 0 Å². The van der Waals surface area contributed by atoms with Gasteiger partial charge in [0.15, 0.2) is 17.4 Å². The molecule has 110 valence electrons. The molecule has 0 unspecified atom stereocenters. The summed E-state index contributed by atoms with van der Waals surface area (Å²) in [5.74, 6) is 0. The van der Waals surface area contributed by atoms with Gasteiger partial charge in [0, 0.05) is 0 Å². The first-order chi connectivity index (χ1) is 7.55. The van der Waals surface area contributed by atoms with Gasteiger partial charge in [-0.05, 0) is 42.8 Å². The minimum absolute atomic E-state index is 0.269. The quantitative estimate of drug-likeness (QED) is 0.689. The van der Waals surface area contributed by atoms with Crippen molar-refractivity contribution in [2.24, 2.45) is 0 Å². The first kappa shape index (κ1) is 18.6. The molecule has 0 N–H and O–H groups in total. The van der Waals surface area contributed by atoms with Crippen LogP contribution in [0.2, 0.25) is 42.8 Å². The standard InChI is InChI=1S/C13H34O2Si3/c1-12(2,3)16(13(4,5)6)14-18(10,11)15-17(7,8)9/h16H,1-11H3. The van der Waals surface area contributed by atoms with Crippen molar-refractivity contribution in [3.8, 4) is 0 Å². The molecule has 0 heterocycles. The number of hydrogen-bond acceptors (Lipinski definition) is 2. The topological polar surface area (TPSA) is 18.5 Å². The summed E-state index contributed by atoms with van der Waals surface area (Å²) in [7, 11) is -4.88. The molecule has 5 heteroatoms. The highest BCUT2D eigenvalue weighted by Crippen LogP contribution is 2.43. The van der Waals surface area contributed by atoms with Crippen LogP contribution in [-0.2, 0) is 8.23 Å². The number of rotatable bonds is 4. The Hall–Kier alpha value is 0.571. The molecule has 0 radical (unpaired) electrons. The highest BCUT2D eigenvalue weighted by molar-refractivity contribution is 6.84. The van der Waals surface area contributed by atoms with Gasteiger partial charge in [0.2, 0.25) is 0 Å². The Labute approximate surface area is 119 Å². The Bertz CT molecular complexity index is 255. The van der Waals surface area contributed by atoms with Crippen LogP contribution in [0.3, 0.4) is 0 Å². The zero-order valence-electron chi connectivity index (χ0n) is 14.4. The van der Waals surface area contributed by atoms with E-state index in [1.54, 1.807) is 0 Å². The van der Waals surface area contributed by atoms with Gasteiger partial charge in [0.1, 0.15) is 0 Å². The van der Waals surface area contributed by atoms with Crippen molar-refractivity contribution in [1.29, 1.82) is 0 Å². The van der Waals surface area contributed by atoms with Gasteiger partial charge < -0.3 is 8.23 Å². The summed E-state index contributed by atoms with van der Waals surface area (Å²) >= 11 is 0. The lowest BCUT2D eigenvalue weighted by molar-refractivity contribution is 0.366. The van der Waals surface area contributed by atoms with Gasteiger partial charge in [0.25, 0.3) is 0 Å². The number of hydrogen-bond donors (Lipinski definition) is 0. The molecule has 0 saturated carbocycles. The van der Waals surface area contributed by atoms with E-state index in [9.17, 15) is 0 Å². The van der Waals surface area contributed by atoms with E-state index in [1.165, 1.54) is 0 Å². The van der Waals surface area contributed by atoms with Gasteiger partial charge in [-0.1, -0.05) is 41.5 Å². The van der Waals surface area contributed by atoms with Crippen molar-refractivity contribution in [1.82, 2.24) is 0 Å². The maximum Gasteiger partial charge on any atom is 0.311 e. The van der Waals surface area contributed by atoms with Crippen molar-refractivity contribution in [2.75, 3.05) is 0 Å². The minimum atomic E-state index is -2.00. The van der Waals surface area contributed by atoms with Crippen LogP contribution in [0.5, 0.6) is 0 Å². The molecule has 0 aromatic carbocycles. The molecule has 0 aliphatic heterocycles. The molecule has 2 nitrogen and oxygen atoms in total. The molecule has 0 atom stereocenters. The largest absolute Gasteiger partial charge is 0.438 e. The van der Waals surface area contributed by atoms with E-state index in [0.717, 1.165) is 0 Å². The summed E-state index contributed by atoms with van der Waals surface area (Å²) in [5.41, 5.74) is 0. The normalized spacial score (nSPS) is 15.3. The zero-order chi connectivity index (χ0) is 15.0. The predicted molar refractivity (Wildman–Crippen MR) is 89.6 cm³/mol. The van der Waals surface area contributed by atoms with Crippen LogP contribution >= 0.6 is 0 Å². The lowest BCUT2D eigenvalue weighted by Crippen LogP contribution is -2.52. The Morgan fingerprint density at radius 3 is 1.28 bits per heavy atom. The monoisotopic (exact) mass is 306 g/mol. The maximum absolute atomic E-state index is 6.63. The summed E-state index contributed by atoms with van der Waals surface area (Å²) in [6, 6.07) is 0. The highest BCUT2D eigenvalue weighted by Gasteiger charge is 2.44. The van der Waals surface area contributed by atoms with E-state index in [2.05, 4.69) is 74.3 Å². The van der Waals surface area contributed by atoms with Crippen LogP contribution in [0.25, 0.3) is 0 Å². The van der Waals surface area contributed by atoms with Gasteiger partial charge in [-0.2, -0.15) is 0 Å². The minimum Gasteiger partial charge on any atom is -0.438 e. The average molecular weight is 307 g/mol. The molecule has 0 aromatic heterocycles. The second-order valence-corrected chi connectivity index (χ2v) is 21.9. The van der Waals surface area contributed by atoms with E-state index < -0.39 is 25.9 Å². The van der Waals surface area contributed by atoms with Crippen LogP contribution in [0.1, 0.15) is 41.5 Å². The van der Waals surface area contributed by atoms with Gasteiger partial charge >= 0.3 is 8.56 Å². The van der Waals surface area contributed by atoms with Crippen molar-refractivity contribution in [2.45, 2.75) is 84.4 Å². The van der Waals surface area contributed by atoms with Crippen molar-refractivity contribution in [3.63, 3.8) is 0 Å². The molecule has 0 fully saturated rings. The zero-order valence-corrected chi connectivity index (χ0v) is 17.5. The molecular formula is C13H34O2Si3. The van der Waals surface area contributed by atoms with Crippen molar-refractivity contribution >= 4 is 25.9 Å². The van der Waals surface area contributed by atoms with E-state index in [-0.39, 0.29) is 10.1 Å². The average Bonchev–Trinajstić information content (AvgIpc) is 1.90. The highest BCUT2D eigenvalue weighted by atomic mass is 28.5. The van der Waals surface area contributed by atoms with Crippen molar-refractivity contribution < 1.29 is 8.23 Å². The first-order valence-electron chi connectivity index (χ1n) is 6.93. The molecule has 0 saturated heterocycles. The summed E-state index contributed by atoms with van der Waals surface area (Å²) in [5, 5.41) is 0.538. The molecule has 0 aromatic rings. The van der Waals surface area contributed by atoms with Crippen molar-refractivity contribution in [3.05, 3.63) is 0 Å². The Balaban J connectivity index is 5.01. The van der Waals surface area contributed by atoms with E-state index in [1.807, 2.05) is 0 Å². The third-order valence-corrected chi connectivity index (χ3v) is 13.3. The lowest BCUT2D eigenvalue weighted by atomic mass is 10.2. The summed E-state index contributed by atoms with van der Waals surface area (Å²) in [6.07, 6.45) is 0. The fourth-order valence-electron chi connectivity index (χ4n) is 2.70. The SMILES string of the molecule is CC(C)(C)[SiH](O[Si](C)(C)O[Si](C)(C)C)C(C)(C)C. The fraction of sp³-hybridized carbons (Fsp3) is 1.00.